The number of hydrazine groups is 1. The molecule has 0 heterocycles. The van der Waals surface area contributed by atoms with E-state index in [2.05, 4.69) is 24.6 Å². The summed E-state index contributed by atoms with van der Waals surface area (Å²) in [6, 6.07) is 0. The summed E-state index contributed by atoms with van der Waals surface area (Å²) >= 11 is 0. The highest BCUT2D eigenvalue weighted by Crippen LogP contribution is 2.15. The Kier molecular flexibility index (Phi) is 7.34. The predicted molar refractivity (Wildman–Crippen MR) is 63.3 cm³/mol. The van der Waals surface area contributed by atoms with Crippen LogP contribution in [0.5, 0.6) is 0 Å². The number of rotatable bonds is 7. The van der Waals surface area contributed by atoms with Crippen molar-refractivity contribution in [2.75, 3.05) is 27.7 Å². The zero-order chi connectivity index (χ0) is 11.8. The molecule has 0 radical (unpaired) electrons. The van der Waals surface area contributed by atoms with Gasteiger partial charge < -0.3 is 5.32 Å². The van der Waals surface area contributed by atoms with Crippen molar-refractivity contribution in [1.82, 2.24) is 15.8 Å². The molecular formula is C11H25N3O. The fraction of sp³-hybridized carbons (Fsp3) is 0.909. The highest BCUT2D eigenvalue weighted by molar-refractivity contribution is 5.75. The molecule has 0 aromatic carbocycles. The first kappa shape index (κ1) is 14.4. The first-order valence-corrected chi connectivity index (χ1v) is 5.58. The van der Waals surface area contributed by atoms with Gasteiger partial charge in [0.15, 0.2) is 0 Å². The summed E-state index contributed by atoms with van der Waals surface area (Å²) in [5.41, 5.74) is 2.75. The van der Waals surface area contributed by atoms with Gasteiger partial charge in [-0.3, -0.25) is 10.2 Å². The van der Waals surface area contributed by atoms with Crippen molar-refractivity contribution in [2.45, 2.75) is 26.7 Å². The standard InChI is InChI=1S/C11H25N3O/c1-9(10(2)8-12-3)6-7-11(15)13-14(4)5/h9-10,12H,6-8H2,1-5H3,(H,13,15). The van der Waals surface area contributed by atoms with E-state index in [4.69, 9.17) is 0 Å². The van der Waals surface area contributed by atoms with E-state index in [1.807, 2.05) is 21.1 Å². The van der Waals surface area contributed by atoms with Crippen LogP contribution in [0.4, 0.5) is 0 Å². The van der Waals surface area contributed by atoms with Crippen molar-refractivity contribution < 1.29 is 4.79 Å². The van der Waals surface area contributed by atoms with Gasteiger partial charge in [0.05, 0.1) is 0 Å². The van der Waals surface area contributed by atoms with E-state index in [0.29, 0.717) is 18.3 Å². The van der Waals surface area contributed by atoms with Crippen LogP contribution in [0.1, 0.15) is 26.7 Å². The summed E-state index contributed by atoms with van der Waals surface area (Å²) in [5, 5.41) is 4.84. The fourth-order valence-electron chi connectivity index (χ4n) is 1.47. The SMILES string of the molecule is CNCC(C)C(C)CCC(=O)NN(C)C. The molecule has 0 saturated heterocycles. The van der Waals surface area contributed by atoms with Crippen molar-refractivity contribution in [1.29, 1.82) is 0 Å². The molecule has 0 rings (SSSR count). The van der Waals surface area contributed by atoms with Gasteiger partial charge in [-0.05, 0) is 31.8 Å². The lowest BCUT2D eigenvalue weighted by atomic mass is 9.91. The Labute approximate surface area is 93.4 Å². The number of hydrogen-bond acceptors (Lipinski definition) is 3. The number of amides is 1. The average molecular weight is 215 g/mol. The number of hydrogen-bond donors (Lipinski definition) is 2. The van der Waals surface area contributed by atoms with E-state index < -0.39 is 0 Å². The Bertz CT molecular complexity index is 183. The molecule has 0 saturated carbocycles. The second-order valence-electron chi connectivity index (χ2n) is 4.48. The zero-order valence-electron chi connectivity index (χ0n) is 10.6. The maximum absolute atomic E-state index is 11.4. The molecule has 2 N–H and O–H groups in total. The van der Waals surface area contributed by atoms with Gasteiger partial charge in [-0.25, -0.2) is 5.01 Å². The highest BCUT2D eigenvalue weighted by atomic mass is 16.2. The van der Waals surface area contributed by atoms with Crippen LogP contribution in [0.3, 0.4) is 0 Å². The zero-order valence-corrected chi connectivity index (χ0v) is 10.6. The average Bonchev–Trinajstić information content (AvgIpc) is 2.13. The first-order chi connectivity index (χ1) is 6.97. The summed E-state index contributed by atoms with van der Waals surface area (Å²) in [7, 11) is 5.61. The highest BCUT2D eigenvalue weighted by Gasteiger charge is 2.13. The van der Waals surface area contributed by atoms with E-state index in [1.54, 1.807) is 5.01 Å². The van der Waals surface area contributed by atoms with Gasteiger partial charge in [-0.2, -0.15) is 0 Å². The second kappa shape index (κ2) is 7.65. The predicted octanol–water partition coefficient (Wildman–Crippen LogP) is 0.851. The normalized spacial score (nSPS) is 15.1. The monoisotopic (exact) mass is 215 g/mol. The van der Waals surface area contributed by atoms with Crippen LogP contribution in [-0.4, -0.2) is 38.6 Å². The number of nitrogens with zero attached hydrogens (tertiary/aromatic N) is 1. The summed E-state index contributed by atoms with van der Waals surface area (Å²) in [6.45, 7) is 5.42. The van der Waals surface area contributed by atoms with Crippen LogP contribution in [0.2, 0.25) is 0 Å². The lowest BCUT2D eigenvalue weighted by molar-refractivity contribution is -0.125. The van der Waals surface area contributed by atoms with Crippen molar-refractivity contribution in [3.05, 3.63) is 0 Å². The Morgan fingerprint density at radius 2 is 1.87 bits per heavy atom. The molecule has 0 aromatic heterocycles. The Balaban J connectivity index is 3.69. The molecule has 0 aromatic rings. The maximum atomic E-state index is 11.4. The summed E-state index contributed by atoms with van der Waals surface area (Å²) < 4.78 is 0. The van der Waals surface area contributed by atoms with Crippen LogP contribution < -0.4 is 10.7 Å². The molecule has 90 valence electrons. The number of nitrogens with one attached hydrogen (secondary N) is 2. The lowest BCUT2D eigenvalue weighted by Gasteiger charge is -2.19. The number of carbonyl (C=O) groups excluding carboxylic acids is 1. The van der Waals surface area contributed by atoms with Crippen molar-refractivity contribution in [3.63, 3.8) is 0 Å². The Morgan fingerprint density at radius 1 is 1.27 bits per heavy atom. The third-order valence-corrected chi connectivity index (χ3v) is 2.67. The maximum Gasteiger partial charge on any atom is 0.234 e. The smallest absolute Gasteiger partial charge is 0.234 e. The first-order valence-electron chi connectivity index (χ1n) is 5.58. The molecule has 0 aliphatic carbocycles. The summed E-state index contributed by atoms with van der Waals surface area (Å²) in [6.07, 6.45) is 1.55. The van der Waals surface area contributed by atoms with Gasteiger partial charge in [0.25, 0.3) is 0 Å². The molecule has 4 heteroatoms. The van der Waals surface area contributed by atoms with Gasteiger partial charge in [0, 0.05) is 20.5 Å². The van der Waals surface area contributed by atoms with E-state index in [-0.39, 0.29) is 5.91 Å². The van der Waals surface area contributed by atoms with Gasteiger partial charge >= 0.3 is 0 Å². The lowest BCUT2D eigenvalue weighted by Crippen LogP contribution is -2.36. The molecular weight excluding hydrogens is 190 g/mol. The van der Waals surface area contributed by atoms with E-state index in [1.165, 1.54) is 0 Å². The topological polar surface area (TPSA) is 44.4 Å². The minimum atomic E-state index is 0.100. The molecule has 0 aliphatic heterocycles. The largest absolute Gasteiger partial charge is 0.319 e. The molecule has 0 spiro atoms. The van der Waals surface area contributed by atoms with E-state index in [9.17, 15) is 4.79 Å². The van der Waals surface area contributed by atoms with Gasteiger partial charge in [0.2, 0.25) is 5.91 Å². The van der Waals surface area contributed by atoms with Crippen LogP contribution in [0.15, 0.2) is 0 Å². The van der Waals surface area contributed by atoms with Gasteiger partial charge in [-0.15, -0.1) is 0 Å². The third-order valence-electron chi connectivity index (χ3n) is 2.67. The molecule has 4 nitrogen and oxygen atoms in total. The molecule has 2 atom stereocenters. The van der Waals surface area contributed by atoms with Gasteiger partial charge in [-0.1, -0.05) is 13.8 Å². The molecule has 0 aliphatic rings. The molecule has 2 unspecified atom stereocenters. The van der Waals surface area contributed by atoms with E-state index in [0.717, 1.165) is 13.0 Å². The molecule has 0 bridgehead atoms. The molecule has 1 amide bonds. The van der Waals surface area contributed by atoms with Crippen LogP contribution >= 0.6 is 0 Å². The number of carbonyl (C=O) groups is 1. The molecule has 0 fully saturated rings. The van der Waals surface area contributed by atoms with Crippen LogP contribution in [-0.2, 0) is 4.79 Å². The quantitative estimate of drug-likeness (QED) is 0.619. The Hall–Kier alpha value is -0.610. The van der Waals surface area contributed by atoms with Gasteiger partial charge in [0.1, 0.15) is 0 Å². The van der Waals surface area contributed by atoms with Crippen LogP contribution in [0, 0.1) is 11.8 Å². The minimum absolute atomic E-state index is 0.100. The third kappa shape index (κ3) is 7.33. The molecule has 15 heavy (non-hydrogen) atoms. The van der Waals surface area contributed by atoms with Crippen molar-refractivity contribution in [3.8, 4) is 0 Å². The Morgan fingerprint density at radius 3 is 2.33 bits per heavy atom. The van der Waals surface area contributed by atoms with Crippen molar-refractivity contribution >= 4 is 5.91 Å². The fourth-order valence-corrected chi connectivity index (χ4v) is 1.47. The minimum Gasteiger partial charge on any atom is -0.319 e. The summed E-state index contributed by atoms with van der Waals surface area (Å²) in [4.78, 5) is 11.4. The second-order valence-corrected chi connectivity index (χ2v) is 4.48. The van der Waals surface area contributed by atoms with E-state index >= 15 is 0 Å². The summed E-state index contributed by atoms with van der Waals surface area (Å²) in [5.74, 6) is 1.29. The van der Waals surface area contributed by atoms with Crippen molar-refractivity contribution in [2.24, 2.45) is 11.8 Å². The van der Waals surface area contributed by atoms with Crippen LogP contribution in [0.25, 0.3) is 0 Å².